The van der Waals surface area contributed by atoms with Crippen molar-refractivity contribution in [2.24, 2.45) is 16.0 Å². The Morgan fingerprint density at radius 2 is 2.04 bits per heavy atom. The molecule has 0 radical (unpaired) electrons. The molecule has 1 unspecified atom stereocenters. The molecule has 8 heteroatoms. The Labute approximate surface area is 158 Å². The largest absolute Gasteiger partial charge is 0.273 e. The van der Waals surface area contributed by atoms with Crippen molar-refractivity contribution in [1.82, 2.24) is 9.73 Å². The van der Waals surface area contributed by atoms with Gasteiger partial charge in [0.1, 0.15) is 4.21 Å². The van der Waals surface area contributed by atoms with Gasteiger partial charge in [-0.3, -0.25) is 4.99 Å². The summed E-state index contributed by atoms with van der Waals surface area (Å²) in [7, 11) is -3.71. The van der Waals surface area contributed by atoms with E-state index in [0.717, 1.165) is 16.9 Å². The van der Waals surface area contributed by atoms with Crippen molar-refractivity contribution in [3.05, 3.63) is 42.5 Å². The molecule has 0 spiro atoms. The van der Waals surface area contributed by atoms with Gasteiger partial charge in [0.25, 0.3) is 10.0 Å². The minimum Gasteiger partial charge on any atom is -0.251 e. The number of hydrazone groups is 1. The number of nitrogens with zero attached hydrogens (tertiary/aromatic N) is 3. The first-order valence-electron chi connectivity index (χ1n) is 8.57. The molecule has 1 N–H and O–H groups in total. The van der Waals surface area contributed by atoms with Gasteiger partial charge in [-0.05, 0) is 31.0 Å². The molecule has 138 valence electrons. The highest BCUT2D eigenvalue weighted by Crippen LogP contribution is 2.30. The van der Waals surface area contributed by atoms with Crippen LogP contribution >= 0.6 is 11.3 Å². The van der Waals surface area contributed by atoms with Gasteiger partial charge >= 0.3 is 0 Å². The average molecular weight is 391 g/mol. The average Bonchev–Trinajstić information content (AvgIpc) is 3.32. The quantitative estimate of drug-likeness (QED) is 0.628. The number of nitrogens with one attached hydrogen (secondary N) is 1. The maximum absolute atomic E-state index is 12.8. The summed E-state index contributed by atoms with van der Waals surface area (Å²) < 4.78 is 28.5. The fraction of sp³-hybridized carbons (Fsp3) is 0.333. The fourth-order valence-corrected chi connectivity index (χ4v) is 4.91. The van der Waals surface area contributed by atoms with Crippen LogP contribution in [-0.4, -0.2) is 38.7 Å². The predicted octanol–water partition coefficient (Wildman–Crippen LogP) is 3.40. The lowest BCUT2D eigenvalue weighted by molar-refractivity contribution is 0.429. The number of benzene rings is 1. The van der Waals surface area contributed by atoms with Crippen molar-refractivity contribution in [2.45, 2.75) is 24.5 Å². The highest BCUT2D eigenvalue weighted by molar-refractivity contribution is 7.92. The minimum absolute atomic E-state index is 0.260. The lowest BCUT2D eigenvalue weighted by atomic mass is 10.1. The van der Waals surface area contributed by atoms with E-state index in [9.17, 15) is 8.42 Å². The molecule has 1 aromatic carbocycles. The zero-order valence-corrected chi connectivity index (χ0v) is 16.4. The van der Waals surface area contributed by atoms with Gasteiger partial charge < -0.3 is 0 Å². The summed E-state index contributed by atoms with van der Waals surface area (Å²) >= 11 is 1.24. The van der Waals surface area contributed by atoms with E-state index >= 15 is 0 Å². The molecule has 1 aromatic heterocycles. The van der Waals surface area contributed by atoms with Gasteiger partial charge in [0.2, 0.25) is 5.96 Å². The van der Waals surface area contributed by atoms with Gasteiger partial charge in [0, 0.05) is 23.6 Å². The van der Waals surface area contributed by atoms with Crippen molar-refractivity contribution < 1.29 is 8.42 Å². The van der Waals surface area contributed by atoms with Gasteiger partial charge in [-0.1, -0.05) is 37.3 Å². The number of rotatable bonds is 5. The first-order valence-corrected chi connectivity index (χ1v) is 10.9. The van der Waals surface area contributed by atoms with E-state index in [1.165, 1.54) is 11.3 Å². The Hall–Kier alpha value is -2.19. The molecule has 0 saturated carbocycles. The number of thiophene rings is 1. The second-order valence-corrected chi connectivity index (χ2v) is 8.90. The highest BCUT2D eigenvalue weighted by Gasteiger charge is 2.25. The van der Waals surface area contributed by atoms with E-state index in [2.05, 4.69) is 21.7 Å². The standard InChI is InChI=1S/C18H22N4O2S2/c1-3-14-12-20-22(13-14)18(19-4-2)21-26(23,24)17-11-10-16(25-17)15-8-6-5-7-9-15/h5-12,14H,3-4,13H2,1-2H3,(H,19,21). The lowest BCUT2D eigenvalue weighted by Gasteiger charge is -2.18. The zero-order chi connectivity index (χ0) is 18.6. The Morgan fingerprint density at radius 1 is 1.27 bits per heavy atom. The Morgan fingerprint density at radius 3 is 2.69 bits per heavy atom. The molecule has 2 aromatic rings. The maximum atomic E-state index is 12.8. The summed E-state index contributed by atoms with van der Waals surface area (Å²) in [4.78, 5) is 5.20. The number of guanidine groups is 1. The molecule has 1 aliphatic heterocycles. The first kappa shape index (κ1) is 18.6. The summed E-state index contributed by atoms with van der Waals surface area (Å²) in [5.74, 6) is 0.586. The second kappa shape index (κ2) is 8.01. The molecule has 3 rings (SSSR count). The molecular weight excluding hydrogens is 368 g/mol. The summed E-state index contributed by atoms with van der Waals surface area (Å²) in [6.45, 7) is 5.06. The Balaban J connectivity index is 1.80. The van der Waals surface area contributed by atoms with Crippen molar-refractivity contribution >= 4 is 33.5 Å². The van der Waals surface area contributed by atoms with Crippen LogP contribution in [0, 0.1) is 5.92 Å². The van der Waals surface area contributed by atoms with E-state index < -0.39 is 10.0 Å². The molecule has 6 nitrogen and oxygen atoms in total. The van der Waals surface area contributed by atoms with Crippen LogP contribution < -0.4 is 4.72 Å². The molecule has 0 aliphatic carbocycles. The van der Waals surface area contributed by atoms with E-state index in [-0.39, 0.29) is 10.2 Å². The van der Waals surface area contributed by atoms with Gasteiger partial charge in [-0.25, -0.2) is 18.1 Å². The van der Waals surface area contributed by atoms with Crippen LogP contribution in [0.15, 0.2) is 56.8 Å². The van der Waals surface area contributed by atoms with Crippen molar-refractivity contribution in [2.75, 3.05) is 13.1 Å². The molecule has 0 fully saturated rings. The van der Waals surface area contributed by atoms with Crippen molar-refractivity contribution in [3.8, 4) is 10.4 Å². The molecule has 2 heterocycles. The minimum atomic E-state index is -3.71. The normalized spacial score (nSPS) is 17.7. The summed E-state index contributed by atoms with van der Waals surface area (Å²) in [5.41, 5.74) is 0.997. The topological polar surface area (TPSA) is 74.1 Å². The molecule has 26 heavy (non-hydrogen) atoms. The molecule has 0 bridgehead atoms. The van der Waals surface area contributed by atoms with Crippen LogP contribution in [0.25, 0.3) is 10.4 Å². The fourth-order valence-electron chi connectivity index (χ4n) is 2.58. The monoisotopic (exact) mass is 390 g/mol. The SMILES string of the molecule is CCN=C(NS(=O)(=O)c1ccc(-c2ccccc2)s1)N1CC(CC)C=N1. The smallest absolute Gasteiger partial charge is 0.251 e. The van der Waals surface area contributed by atoms with Crippen molar-refractivity contribution in [1.29, 1.82) is 0 Å². The highest BCUT2D eigenvalue weighted by atomic mass is 32.2. The van der Waals surface area contributed by atoms with Gasteiger partial charge in [-0.15, -0.1) is 11.3 Å². The van der Waals surface area contributed by atoms with E-state index in [4.69, 9.17) is 0 Å². The van der Waals surface area contributed by atoms with Gasteiger partial charge in [0.05, 0.1) is 6.54 Å². The van der Waals surface area contributed by atoms with Gasteiger partial charge in [0.15, 0.2) is 0 Å². The summed E-state index contributed by atoms with van der Waals surface area (Å²) in [6.07, 6.45) is 2.80. The van der Waals surface area contributed by atoms with Crippen LogP contribution in [0.2, 0.25) is 0 Å². The maximum Gasteiger partial charge on any atom is 0.273 e. The van der Waals surface area contributed by atoms with E-state index in [1.807, 2.05) is 49.5 Å². The summed E-state index contributed by atoms with van der Waals surface area (Å²) in [5, 5.41) is 5.92. The Bertz CT molecular complexity index is 904. The molecule has 1 aliphatic rings. The number of hydrogen-bond acceptors (Lipinski definition) is 5. The third-order valence-corrected chi connectivity index (χ3v) is 6.99. The lowest BCUT2D eigenvalue weighted by Crippen LogP contribution is -2.41. The first-order chi connectivity index (χ1) is 12.5. The number of hydrogen-bond donors (Lipinski definition) is 1. The molecule has 1 atom stereocenters. The predicted molar refractivity (Wildman–Crippen MR) is 107 cm³/mol. The van der Waals surface area contributed by atoms with Crippen LogP contribution in [0.3, 0.4) is 0 Å². The molecule has 0 saturated heterocycles. The van der Waals surface area contributed by atoms with Gasteiger partial charge in [-0.2, -0.15) is 5.10 Å². The molecular formula is C18H22N4O2S2. The molecule has 0 amide bonds. The van der Waals surface area contributed by atoms with Crippen molar-refractivity contribution in [3.63, 3.8) is 0 Å². The summed E-state index contributed by atoms with van der Waals surface area (Å²) in [6, 6.07) is 13.2. The van der Waals surface area contributed by atoms with Crippen LogP contribution in [0.1, 0.15) is 20.3 Å². The number of sulfonamides is 1. The number of aliphatic imine (C=N–C) groups is 1. The van der Waals surface area contributed by atoms with Crippen LogP contribution in [0.4, 0.5) is 0 Å². The third kappa shape index (κ3) is 4.13. The van der Waals surface area contributed by atoms with Crippen LogP contribution in [0.5, 0.6) is 0 Å². The second-order valence-electron chi connectivity index (χ2n) is 5.90. The zero-order valence-electron chi connectivity index (χ0n) is 14.8. The Kier molecular flexibility index (Phi) is 5.73. The van der Waals surface area contributed by atoms with E-state index in [0.29, 0.717) is 19.0 Å². The van der Waals surface area contributed by atoms with Crippen LogP contribution in [-0.2, 0) is 10.0 Å². The van der Waals surface area contributed by atoms with E-state index in [1.54, 1.807) is 11.1 Å². The third-order valence-electron chi connectivity index (χ3n) is 4.03.